The van der Waals surface area contributed by atoms with Crippen LogP contribution in [0.25, 0.3) is 0 Å². The Kier molecular flexibility index (Phi) is 10.0. The number of rotatable bonds is 8. The fourth-order valence-electron chi connectivity index (χ4n) is 9.81. The first-order chi connectivity index (χ1) is 27.5. The fourth-order valence-corrected chi connectivity index (χ4v) is 9.81. The molecule has 2 aliphatic carbocycles. The van der Waals surface area contributed by atoms with Gasteiger partial charge in [0.25, 0.3) is 0 Å². The van der Waals surface area contributed by atoms with Crippen molar-refractivity contribution in [1.29, 1.82) is 0 Å². The molecule has 0 bridgehead atoms. The van der Waals surface area contributed by atoms with Crippen molar-refractivity contribution in [1.82, 2.24) is 0 Å². The Hall–Kier alpha value is -4.72. The predicted octanol–water partition coefficient (Wildman–Crippen LogP) is 0.373. The van der Waals surface area contributed by atoms with E-state index in [9.17, 15) is 61.3 Å². The zero-order valence-corrected chi connectivity index (χ0v) is 31.3. The maximum Gasteiger partial charge on any atom is 0.229 e. The van der Waals surface area contributed by atoms with Crippen LogP contribution in [0, 0.1) is 0 Å². The largest absolute Gasteiger partial charge is 0.508 e. The van der Waals surface area contributed by atoms with E-state index in [1.165, 1.54) is 36.4 Å². The summed E-state index contributed by atoms with van der Waals surface area (Å²) >= 11 is 0. The molecule has 0 spiro atoms. The lowest BCUT2D eigenvalue weighted by Gasteiger charge is -2.43. The molecule has 2 heterocycles. The molecular weight excluding hydrogens is 760 g/mol. The molecule has 0 unspecified atom stereocenters. The van der Waals surface area contributed by atoms with Crippen LogP contribution in [0.4, 0.5) is 0 Å². The van der Waals surface area contributed by atoms with Gasteiger partial charge in [0.2, 0.25) is 12.6 Å². The summed E-state index contributed by atoms with van der Waals surface area (Å²) in [5.74, 6) is -1.96. The smallest absolute Gasteiger partial charge is 0.229 e. The maximum atomic E-state index is 12.1. The van der Waals surface area contributed by atoms with Crippen molar-refractivity contribution < 1.29 is 80.2 Å². The third-order valence-electron chi connectivity index (χ3n) is 12.8. The van der Waals surface area contributed by atoms with Crippen molar-refractivity contribution in [3.05, 3.63) is 106 Å². The summed E-state index contributed by atoms with van der Waals surface area (Å²) in [6.45, 7) is 2.50. The molecule has 16 nitrogen and oxygen atoms in total. The molecule has 4 aliphatic rings. The molecule has 16 heteroatoms. The highest BCUT2D eigenvalue weighted by atomic mass is 16.7. The van der Waals surface area contributed by atoms with E-state index in [1.54, 1.807) is 36.4 Å². The topological polar surface area (TPSA) is 280 Å². The molecule has 12 N–H and O–H groups in total. The third-order valence-corrected chi connectivity index (χ3v) is 12.8. The molecule has 0 radical (unpaired) electrons. The van der Waals surface area contributed by atoms with Crippen molar-refractivity contribution in [3.8, 4) is 34.5 Å². The SMILES string of the molecule is C[C@@]12c3cc(O[C@@H]4O[C@H](CO)[C@@H](O)[C@H](O)[C@H]4O)cc(O)c3[C@@H](c3ccc(O)cc3)[C@]1(C)c1cc(O[C@@H]3O[C@H](CO)[C@@H](O)[C@H](O)[C@H]3O)cc(O)c1[C@H]2c1ccc(O)cc1. The zero-order valence-electron chi connectivity index (χ0n) is 31.3. The number of ether oxygens (including phenoxy) is 4. The molecule has 2 saturated heterocycles. The van der Waals surface area contributed by atoms with Crippen molar-refractivity contribution >= 4 is 0 Å². The average Bonchev–Trinajstić information content (AvgIpc) is 3.53. The van der Waals surface area contributed by atoms with Gasteiger partial charge in [-0.2, -0.15) is 0 Å². The van der Waals surface area contributed by atoms with Gasteiger partial charge in [-0.3, -0.25) is 0 Å². The number of aromatic hydroxyl groups is 4. The van der Waals surface area contributed by atoms with E-state index < -0.39 is 97.3 Å². The summed E-state index contributed by atoms with van der Waals surface area (Å²) in [5, 5.41) is 128. The molecule has 0 aromatic heterocycles. The lowest BCUT2D eigenvalue weighted by molar-refractivity contribution is -0.277. The highest BCUT2D eigenvalue weighted by Crippen LogP contribution is 2.75. The summed E-state index contributed by atoms with van der Waals surface area (Å²) in [4.78, 5) is 0. The van der Waals surface area contributed by atoms with Crippen LogP contribution < -0.4 is 9.47 Å². The molecule has 2 fully saturated rings. The molecule has 0 saturated carbocycles. The Labute approximate surface area is 331 Å². The van der Waals surface area contributed by atoms with Crippen LogP contribution in [0.2, 0.25) is 0 Å². The van der Waals surface area contributed by atoms with Crippen LogP contribution in [0.5, 0.6) is 34.5 Å². The highest BCUT2D eigenvalue weighted by Gasteiger charge is 2.68. The molecule has 4 aromatic carbocycles. The Bertz CT molecular complexity index is 2010. The summed E-state index contributed by atoms with van der Waals surface area (Å²) in [5.41, 5.74) is 0.971. The Morgan fingerprint density at radius 1 is 0.500 bits per heavy atom. The van der Waals surface area contributed by atoms with Gasteiger partial charge < -0.3 is 80.2 Å². The molecule has 310 valence electrons. The lowest BCUT2D eigenvalue weighted by Crippen LogP contribution is -2.60. The van der Waals surface area contributed by atoms with Crippen LogP contribution in [0.3, 0.4) is 0 Å². The second-order valence-electron chi connectivity index (χ2n) is 15.9. The van der Waals surface area contributed by atoms with Crippen LogP contribution >= 0.6 is 0 Å². The number of aliphatic hydroxyl groups excluding tert-OH is 8. The highest BCUT2D eigenvalue weighted by molar-refractivity contribution is 5.73. The van der Waals surface area contributed by atoms with E-state index in [0.717, 1.165) is 0 Å². The van der Waals surface area contributed by atoms with Crippen LogP contribution in [0.15, 0.2) is 72.8 Å². The number of hydrogen-bond acceptors (Lipinski definition) is 16. The van der Waals surface area contributed by atoms with E-state index >= 15 is 0 Å². The molecule has 58 heavy (non-hydrogen) atoms. The summed E-state index contributed by atoms with van der Waals surface area (Å²) in [7, 11) is 0. The second-order valence-corrected chi connectivity index (χ2v) is 15.9. The number of hydrogen-bond donors (Lipinski definition) is 12. The predicted molar refractivity (Wildman–Crippen MR) is 200 cm³/mol. The van der Waals surface area contributed by atoms with E-state index in [1.807, 2.05) is 13.8 Å². The molecule has 2 aliphatic heterocycles. The van der Waals surface area contributed by atoms with Gasteiger partial charge in [0.05, 0.1) is 13.2 Å². The van der Waals surface area contributed by atoms with Gasteiger partial charge in [0, 0.05) is 45.9 Å². The maximum absolute atomic E-state index is 12.1. The number of phenols is 4. The van der Waals surface area contributed by atoms with Gasteiger partial charge in [-0.25, -0.2) is 0 Å². The first-order valence-electron chi connectivity index (χ1n) is 18.8. The van der Waals surface area contributed by atoms with Crippen LogP contribution in [-0.2, 0) is 20.3 Å². The normalized spacial score (nSPS) is 36.5. The molecule has 4 aromatic rings. The van der Waals surface area contributed by atoms with Crippen molar-refractivity contribution in [2.75, 3.05) is 13.2 Å². The lowest BCUT2D eigenvalue weighted by atomic mass is 9.58. The Morgan fingerprint density at radius 2 is 0.845 bits per heavy atom. The summed E-state index contributed by atoms with van der Waals surface area (Å²) < 4.78 is 23.4. The summed E-state index contributed by atoms with van der Waals surface area (Å²) in [6.07, 6.45) is -15.9. The van der Waals surface area contributed by atoms with Crippen molar-refractivity contribution in [2.45, 2.75) is 97.9 Å². The number of benzene rings is 4. The van der Waals surface area contributed by atoms with Gasteiger partial charge in [-0.05, 0) is 58.7 Å². The Morgan fingerprint density at radius 3 is 1.17 bits per heavy atom. The van der Waals surface area contributed by atoms with Gasteiger partial charge in [-0.1, -0.05) is 38.1 Å². The zero-order chi connectivity index (χ0) is 41.6. The standard InChI is InChI=1S/C42H46O16/c1-41-23-11-21(55-39-37(53)35(51)33(49)27(15-43)57-39)13-25(47)29(23)32(18-5-9-20(46)10-6-18)42(41,2)24-12-22(56-40-38(54)36(52)34(50)28(16-44)58-40)14-26(48)30(24)31(41)17-3-7-19(45)8-4-17/h3-14,27-28,31-40,43-54H,15-16H2,1-2H3/t27-,28-,31-,32-,33-,34-,35+,36+,37-,38-,39-,40-,41+,42+/m1/s1. The van der Waals surface area contributed by atoms with E-state index in [-0.39, 0.29) is 34.5 Å². The Balaban J connectivity index is 1.33. The van der Waals surface area contributed by atoms with E-state index in [4.69, 9.17) is 18.9 Å². The molecule has 0 amide bonds. The average molecular weight is 807 g/mol. The quantitative estimate of drug-likeness (QED) is 0.115. The first-order valence-corrected chi connectivity index (χ1v) is 18.8. The summed E-state index contributed by atoms with van der Waals surface area (Å²) in [6, 6.07) is 18.8. The second kappa shape index (κ2) is 14.5. The number of fused-ring (bicyclic) bond motifs is 5. The monoisotopic (exact) mass is 806 g/mol. The minimum absolute atomic E-state index is 0.00761. The molecule has 8 rings (SSSR count). The minimum Gasteiger partial charge on any atom is -0.508 e. The molecular formula is C42H46O16. The fraction of sp³-hybridized carbons (Fsp3) is 0.429. The van der Waals surface area contributed by atoms with Gasteiger partial charge in [0.1, 0.15) is 83.3 Å². The molecule has 14 atom stereocenters. The van der Waals surface area contributed by atoms with E-state index in [0.29, 0.717) is 33.4 Å². The first kappa shape index (κ1) is 40.1. The van der Waals surface area contributed by atoms with Crippen molar-refractivity contribution in [2.24, 2.45) is 0 Å². The number of aliphatic hydroxyl groups is 8. The minimum atomic E-state index is -1.75. The van der Waals surface area contributed by atoms with E-state index in [2.05, 4.69) is 0 Å². The van der Waals surface area contributed by atoms with Crippen LogP contribution in [0.1, 0.15) is 59.1 Å². The van der Waals surface area contributed by atoms with Gasteiger partial charge >= 0.3 is 0 Å². The van der Waals surface area contributed by atoms with Gasteiger partial charge in [0.15, 0.2) is 0 Å². The third kappa shape index (κ3) is 5.90. The van der Waals surface area contributed by atoms with Gasteiger partial charge in [-0.15, -0.1) is 0 Å². The number of phenolic OH excluding ortho intramolecular Hbond substituents is 4. The van der Waals surface area contributed by atoms with Crippen LogP contribution in [-0.4, -0.2) is 136 Å². The van der Waals surface area contributed by atoms with Crippen molar-refractivity contribution in [3.63, 3.8) is 0 Å².